The van der Waals surface area contributed by atoms with Gasteiger partial charge in [0.1, 0.15) is 10.8 Å². The Balaban J connectivity index is 1.46. The number of sulfonamides is 1. The van der Waals surface area contributed by atoms with Crippen molar-refractivity contribution in [2.45, 2.75) is 37.2 Å². The molecule has 7 nitrogen and oxygen atoms in total. The zero-order valence-electron chi connectivity index (χ0n) is 22.0. The summed E-state index contributed by atoms with van der Waals surface area (Å²) in [5.41, 5.74) is 4.95. The second-order valence-electron chi connectivity index (χ2n) is 10.7. The van der Waals surface area contributed by atoms with Crippen LogP contribution in [0.3, 0.4) is 0 Å². The quantitative estimate of drug-likeness (QED) is 0.388. The van der Waals surface area contributed by atoms with Crippen molar-refractivity contribution in [1.29, 1.82) is 0 Å². The van der Waals surface area contributed by atoms with E-state index in [0.29, 0.717) is 17.1 Å². The first-order valence-electron chi connectivity index (χ1n) is 13.2. The molecule has 0 atom stereocenters. The van der Waals surface area contributed by atoms with Crippen LogP contribution in [0.25, 0.3) is 22.0 Å². The number of alkyl halides is 3. The summed E-state index contributed by atoms with van der Waals surface area (Å²) in [4.78, 5) is 15.0. The number of carbonyl (C=O) groups excluding carboxylic acids is 1. The number of Topliss-reactive ketones (excluding diaryl/α,β-unsaturated/α-hetero) is 1. The minimum Gasteiger partial charge on any atom is -0.389 e. The molecule has 5 rings (SSSR count). The minimum absolute atomic E-state index is 0.0863. The topological polar surface area (TPSA) is 88.6 Å². The number of aromatic nitrogens is 1. The van der Waals surface area contributed by atoms with E-state index in [1.807, 2.05) is 60.3 Å². The van der Waals surface area contributed by atoms with Gasteiger partial charge in [0, 0.05) is 72.8 Å². The number of rotatable bonds is 8. The first-order valence-corrected chi connectivity index (χ1v) is 15.0. The summed E-state index contributed by atoms with van der Waals surface area (Å²) in [6, 6.07) is 13.4. The number of nitrogens with zero attached hydrogens (tertiary/aromatic N) is 3. The van der Waals surface area contributed by atoms with Gasteiger partial charge in [-0.1, -0.05) is 42.5 Å². The van der Waals surface area contributed by atoms with E-state index in [-0.39, 0.29) is 48.7 Å². The third-order valence-electron chi connectivity index (χ3n) is 7.99. The Hall–Kier alpha value is -2.80. The Bertz CT molecular complexity index is 1550. The second kappa shape index (κ2) is 10.9. The number of benzene rings is 2. The van der Waals surface area contributed by atoms with Crippen LogP contribution in [-0.4, -0.2) is 71.7 Å². The summed E-state index contributed by atoms with van der Waals surface area (Å²) >= 11 is 5.16. The molecule has 2 aromatic carbocycles. The monoisotopic (exact) mass is 592 g/mol. The van der Waals surface area contributed by atoms with Crippen molar-refractivity contribution in [2.24, 2.45) is 11.7 Å². The molecule has 2 fully saturated rings. The van der Waals surface area contributed by atoms with Crippen molar-refractivity contribution in [1.82, 2.24) is 13.8 Å². The summed E-state index contributed by atoms with van der Waals surface area (Å²) in [6.07, 6.45) is 3.49. The first kappa shape index (κ1) is 28.7. The van der Waals surface area contributed by atoms with Gasteiger partial charge in [-0.3, -0.25) is 4.79 Å². The van der Waals surface area contributed by atoms with E-state index < -0.39 is 15.5 Å². The lowest BCUT2D eigenvalue weighted by Crippen LogP contribution is -2.47. The van der Waals surface area contributed by atoms with Crippen LogP contribution in [0.1, 0.15) is 36.4 Å². The van der Waals surface area contributed by atoms with Gasteiger partial charge in [-0.2, -0.15) is 17.5 Å². The van der Waals surface area contributed by atoms with Crippen molar-refractivity contribution in [3.8, 4) is 11.1 Å². The van der Waals surface area contributed by atoms with Crippen LogP contribution in [0.4, 0.5) is 13.2 Å². The molecule has 0 aliphatic carbocycles. The van der Waals surface area contributed by atoms with Crippen LogP contribution in [0.2, 0.25) is 0 Å². The average Bonchev–Trinajstić information content (AvgIpc) is 3.28. The van der Waals surface area contributed by atoms with E-state index >= 15 is 0 Å². The summed E-state index contributed by atoms with van der Waals surface area (Å²) in [5, 5.41) is 0.945. The smallest absolute Gasteiger partial charge is 0.389 e. The van der Waals surface area contributed by atoms with Crippen molar-refractivity contribution < 1.29 is 26.4 Å². The van der Waals surface area contributed by atoms with Crippen molar-refractivity contribution in [3.63, 3.8) is 0 Å². The summed E-state index contributed by atoms with van der Waals surface area (Å²) < 4.78 is 65.8. The molecule has 2 aliphatic rings. The van der Waals surface area contributed by atoms with Crippen molar-refractivity contribution in [3.05, 3.63) is 59.8 Å². The molecule has 0 radical (unpaired) electrons. The van der Waals surface area contributed by atoms with Crippen molar-refractivity contribution in [2.75, 3.05) is 33.2 Å². The lowest BCUT2D eigenvalue weighted by molar-refractivity contribution is -0.127. The predicted octanol–water partition coefficient (Wildman–Crippen LogP) is 4.49. The lowest BCUT2D eigenvalue weighted by atomic mass is 9.92. The zero-order chi connectivity index (χ0) is 28.8. The van der Waals surface area contributed by atoms with Gasteiger partial charge < -0.3 is 15.2 Å². The van der Waals surface area contributed by atoms with E-state index in [1.54, 1.807) is 0 Å². The molecule has 0 unspecified atom stereocenters. The number of ketones is 1. The number of piperidine rings is 1. The van der Waals surface area contributed by atoms with Crippen LogP contribution in [-0.2, 0) is 21.2 Å². The highest BCUT2D eigenvalue weighted by atomic mass is 32.2. The predicted molar refractivity (Wildman–Crippen MR) is 152 cm³/mol. The van der Waals surface area contributed by atoms with Crippen LogP contribution in [0.15, 0.2) is 48.7 Å². The van der Waals surface area contributed by atoms with Gasteiger partial charge in [0.25, 0.3) is 0 Å². The Kier molecular flexibility index (Phi) is 7.81. The first-order chi connectivity index (χ1) is 18.8. The van der Waals surface area contributed by atoms with Crippen LogP contribution in [0.5, 0.6) is 0 Å². The highest BCUT2D eigenvalue weighted by Gasteiger charge is 2.50. The standard InChI is InChI=1S/C28H31F3N4O3S2/c1-33-15-21(16-33)26(36)8-6-18-5-7-23-24(19-3-2-4-20(14-19)27(32)39)17-35(25(23)13-18)22-9-11-34(12-10-22)40(37,38)28(29,30)31/h2-5,7,13-14,17,21-22H,6,8-12,15-16H2,1H3,(H2,32,39). The Morgan fingerprint density at radius 1 is 1.10 bits per heavy atom. The molecule has 2 saturated heterocycles. The van der Waals surface area contributed by atoms with E-state index in [1.165, 1.54) is 0 Å². The number of hydrogen-bond acceptors (Lipinski definition) is 5. The number of nitrogens with two attached hydrogens (primary N) is 1. The normalized spacial score (nSPS) is 18.2. The summed E-state index contributed by atoms with van der Waals surface area (Å²) in [6.45, 7) is 1.14. The molecule has 0 spiro atoms. The van der Waals surface area contributed by atoms with Gasteiger partial charge in [0.15, 0.2) is 0 Å². The molecular formula is C28H31F3N4O3S2. The van der Waals surface area contributed by atoms with Crippen LogP contribution in [0, 0.1) is 5.92 Å². The van der Waals surface area contributed by atoms with Gasteiger partial charge >= 0.3 is 15.5 Å². The van der Waals surface area contributed by atoms with Crippen LogP contribution >= 0.6 is 12.2 Å². The molecule has 1 aromatic heterocycles. The summed E-state index contributed by atoms with van der Waals surface area (Å²) in [7, 11) is -3.37. The van der Waals surface area contributed by atoms with E-state index in [0.717, 1.165) is 46.2 Å². The summed E-state index contributed by atoms with van der Waals surface area (Å²) in [5.74, 6) is 0.338. The fourth-order valence-electron chi connectivity index (χ4n) is 5.71. The fourth-order valence-corrected chi connectivity index (χ4v) is 6.82. The minimum atomic E-state index is -5.36. The fraction of sp³-hybridized carbons (Fsp3) is 0.429. The number of hydrogen-bond donors (Lipinski definition) is 1. The molecule has 0 amide bonds. The molecule has 3 aromatic rings. The number of carbonyl (C=O) groups is 1. The van der Waals surface area contributed by atoms with Gasteiger partial charge in [-0.05, 0) is 49.6 Å². The Labute approximate surface area is 236 Å². The molecule has 3 heterocycles. The highest BCUT2D eigenvalue weighted by molar-refractivity contribution is 7.90. The maximum absolute atomic E-state index is 13.1. The van der Waals surface area contributed by atoms with E-state index in [2.05, 4.69) is 4.90 Å². The zero-order valence-corrected chi connectivity index (χ0v) is 23.7. The van der Waals surface area contributed by atoms with Crippen molar-refractivity contribution >= 4 is 43.9 Å². The molecule has 0 bridgehead atoms. The maximum Gasteiger partial charge on any atom is 0.511 e. The molecule has 2 N–H and O–H groups in total. The maximum atomic E-state index is 13.1. The number of aryl methyl sites for hydroxylation is 1. The third-order valence-corrected chi connectivity index (χ3v) is 9.85. The molecule has 12 heteroatoms. The molecule has 40 heavy (non-hydrogen) atoms. The van der Waals surface area contributed by atoms with Crippen LogP contribution < -0.4 is 5.73 Å². The third kappa shape index (κ3) is 5.54. The Morgan fingerprint density at radius 3 is 2.42 bits per heavy atom. The van der Waals surface area contributed by atoms with E-state index in [9.17, 15) is 26.4 Å². The molecule has 2 aliphatic heterocycles. The van der Waals surface area contributed by atoms with E-state index in [4.69, 9.17) is 18.0 Å². The highest BCUT2D eigenvalue weighted by Crippen LogP contribution is 2.38. The van der Waals surface area contributed by atoms with Gasteiger partial charge in [-0.15, -0.1) is 0 Å². The SMILES string of the molecule is CN1CC(C(=O)CCc2ccc3c(-c4cccc(C(N)=S)c4)cn(C4CCN(S(=O)(=O)C(F)(F)F)CC4)c3c2)C1. The van der Waals surface area contributed by atoms with Gasteiger partial charge in [0.2, 0.25) is 0 Å². The van der Waals surface area contributed by atoms with Gasteiger partial charge in [0.05, 0.1) is 0 Å². The second-order valence-corrected chi connectivity index (χ2v) is 13.1. The Morgan fingerprint density at radius 2 is 1.80 bits per heavy atom. The number of thiocarbonyl (C=S) groups is 1. The lowest BCUT2D eigenvalue weighted by Gasteiger charge is -2.35. The molecule has 214 valence electrons. The molecular weight excluding hydrogens is 561 g/mol. The number of halogens is 3. The number of fused-ring (bicyclic) bond motifs is 1. The molecule has 0 saturated carbocycles. The average molecular weight is 593 g/mol. The largest absolute Gasteiger partial charge is 0.511 e. The van der Waals surface area contributed by atoms with Gasteiger partial charge in [-0.25, -0.2) is 8.42 Å². The number of likely N-dealkylation sites (tertiary alicyclic amines) is 1.